The number of aromatic hydroxyl groups is 2. The number of carbonyl (C=O) groups is 2. The van der Waals surface area contributed by atoms with Gasteiger partial charge in [-0.3, -0.25) is 4.79 Å². The van der Waals surface area contributed by atoms with Crippen molar-refractivity contribution >= 4 is 11.8 Å². The molecule has 3 N–H and O–H groups in total. The lowest BCUT2D eigenvalue weighted by Gasteiger charge is -2.07. The van der Waals surface area contributed by atoms with Gasteiger partial charge in [0.05, 0.1) is 6.61 Å². The molecule has 6 nitrogen and oxygen atoms in total. The van der Waals surface area contributed by atoms with Crippen molar-refractivity contribution in [2.45, 2.75) is 32.1 Å². The van der Waals surface area contributed by atoms with Gasteiger partial charge in [0.25, 0.3) is 5.78 Å². The van der Waals surface area contributed by atoms with Gasteiger partial charge in [-0.1, -0.05) is 25.0 Å². The molecule has 0 atom stereocenters. The van der Waals surface area contributed by atoms with Gasteiger partial charge in [0.2, 0.25) is 0 Å². The molecule has 0 spiro atoms. The zero-order valence-corrected chi connectivity index (χ0v) is 14.4. The molecule has 138 valence electrons. The van der Waals surface area contributed by atoms with E-state index < -0.39 is 11.8 Å². The minimum Gasteiger partial charge on any atom is -0.504 e. The van der Waals surface area contributed by atoms with Crippen LogP contribution < -0.4 is 4.74 Å². The number of hydrogen-bond acceptors (Lipinski definition) is 5. The fourth-order valence-electron chi connectivity index (χ4n) is 2.57. The van der Waals surface area contributed by atoms with Crippen molar-refractivity contribution in [3.8, 4) is 17.2 Å². The molecule has 2 rings (SSSR count). The Labute approximate surface area is 151 Å². The van der Waals surface area contributed by atoms with Crippen LogP contribution in [0.25, 0.3) is 0 Å². The molecule has 0 aliphatic rings. The summed E-state index contributed by atoms with van der Waals surface area (Å²) in [5.41, 5.74) is 0.872. The highest BCUT2D eigenvalue weighted by Gasteiger charge is 2.13. The predicted octanol–water partition coefficient (Wildman–Crippen LogP) is 3.55. The largest absolute Gasteiger partial charge is 0.504 e. The van der Waals surface area contributed by atoms with Crippen molar-refractivity contribution in [3.63, 3.8) is 0 Å². The minimum atomic E-state index is -1.47. The van der Waals surface area contributed by atoms with E-state index in [-0.39, 0.29) is 17.1 Å². The number of ketones is 1. The number of Topliss-reactive ketones (excluding diaryl/α,β-unsaturated/α-hetero) is 1. The summed E-state index contributed by atoms with van der Waals surface area (Å²) in [6.07, 6.45) is 4.42. The summed E-state index contributed by atoms with van der Waals surface area (Å²) in [4.78, 5) is 21.9. The Morgan fingerprint density at radius 2 is 1.58 bits per heavy atom. The van der Waals surface area contributed by atoms with Crippen LogP contribution in [0.1, 0.15) is 41.6 Å². The monoisotopic (exact) mass is 358 g/mol. The number of carboxylic acid groups (broad SMARTS) is 1. The lowest BCUT2D eigenvalue weighted by molar-refractivity contribution is -0.131. The Kier molecular flexibility index (Phi) is 7.02. The molecule has 0 fully saturated rings. The Bertz CT molecular complexity index is 751. The SMILES string of the molecule is O=C(O)C(=O)c1ccc(OCCCCCCc2cccc(O)c2O)cc1. The van der Waals surface area contributed by atoms with Gasteiger partial charge in [0.1, 0.15) is 5.75 Å². The van der Waals surface area contributed by atoms with Gasteiger partial charge in [0, 0.05) is 5.56 Å². The van der Waals surface area contributed by atoms with Crippen molar-refractivity contribution < 1.29 is 29.6 Å². The summed E-state index contributed by atoms with van der Waals surface area (Å²) < 4.78 is 5.57. The Balaban J connectivity index is 1.63. The third-order valence-electron chi connectivity index (χ3n) is 4.02. The normalized spacial score (nSPS) is 10.5. The van der Waals surface area contributed by atoms with Crippen LogP contribution in [-0.2, 0) is 11.2 Å². The number of para-hydroxylation sites is 1. The predicted molar refractivity (Wildman–Crippen MR) is 95.8 cm³/mol. The topological polar surface area (TPSA) is 104 Å². The van der Waals surface area contributed by atoms with Gasteiger partial charge in [-0.15, -0.1) is 0 Å². The maximum Gasteiger partial charge on any atom is 0.377 e. The second-order valence-electron chi connectivity index (χ2n) is 5.96. The third kappa shape index (κ3) is 5.51. The lowest BCUT2D eigenvalue weighted by Crippen LogP contribution is -2.12. The number of aryl methyl sites for hydroxylation is 1. The first-order valence-electron chi connectivity index (χ1n) is 8.49. The van der Waals surface area contributed by atoms with E-state index in [9.17, 15) is 19.8 Å². The summed E-state index contributed by atoms with van der Waals surface area (Å²) in [5, 5.41) is 27.8. The highest BCUT2D eigenvalue weighted by Crippen LogP contribution is 2.29. The first-order valence-corrected chi connectivity index (χ1v) is 8.49. The van der Waals surface area contributed by atoms with E-state index in [4.69, 9.17) is 9.84 Å². The number of carbonyl (C=O) groups excluding carboxylic acids is 1. The molecule has 0 radical (unpaired) electrons. The Morgan fingerprint density at radius 3 is 2.27 bits per heavy atom. The molecule has 0 saturated carbocycles. The number of unbranched alkanes of at least 4 members (excludes halogenated alkanes) is 3. The van der Waals surface area contributed by atoms with E-state index in [2.05, 4.69) is 0 Å². The molecule has 0 heterocycles. The minimum absolute atomic E-state index is 0.0411. The van der Waals surface area contributed by atoms with Gasteiger partial charge in [-0.2, -0.15) is 0 Å². The van der Waals surface area contributed by atoms with Crippen LogP contribution in [0, 0.1) is 0 Å². The quantitative estimate of drug-likeness (QED) is 0.260. The molecule has 0 unspecified atom stereocenters. The number of phenolic OH excluding ortho intramolecular Hbond substituents is 2. The lowest BCUT2D eigenvalue weighted by atomic mass is 10.0. The van der Waals surface area contributed by atoms with Crippen molar-refractivity contribution in [1.82, 2.24) is 0 Å². The molecule has 0 bridgehead atoms. The van der Waals surface area contributed by atoms with E-state index in [0.717, 1.165) is 31.2 Å². The molecule has 26 heavy (non-hydrogen) atoms. The Morgan fingerprint density at radius 1 is 0.885 bits per heavy atom. The van der Waals surface area contributed by atoms with Crippen LogP contribution in [-0.4, -0.2) is 33.7 Å². The van der Waals surface area contributed by atoms with Crippen LogP contribution in [0.4, 0.5) is 0 Å². The summed E-state index contributed by atoms with van der Waals surface area (Å²) in [6.45, 7) is 0.531. The molecule has 6 heteroatoms. The number of rotatable bonds is 10. The molecule has 0 aliphatic heterocycles. The highest BCUT2D eigenvalue weighted by atomic mass is 16.5. The maximum atomic E-state index is 11.3. The molecular weight excluding hydrogens is 336 g/mol. The van der Waals surface area contributed by atoms with Crippen LogP contribution in [0.2, 0.25) is 0 Å². The van der Waals surface area contributed by atoms with Crippen LogP contribution >= 0.6 is 0 Å². The van der Waals surface area contributed by atoms with Crippen LogP contribution in [0.15, 0.2) is 42.5 Å². The number of carboxylic acids is 1. The second kappa shape index (κ2) is 9.46. The average molecular weight is 358 g/mol. The summed E-state index contributed by atoms with van der Waals surface area (Å²) in [5.74, 6) is -1.95. The first kappa shape index (κ1) is 19.3. The molecule has 2 aromatic rings. The zero-order chi connectivity index (χ0) is 18.9. The number of aliphatic carboxylic acids is 1. The van der Waals surface area contributed by atoms with Crippen molar-refractivity contribution in [2.75, 3.05) is 6.61 Å². The van der Waals surface area contributed by atoms with Crippen LogP contribution in [0.3, 0.4) is 0 Å². The van der Waals surface area contributed by atoms with Gasteiger partial charge < -0.3 is 20.1 Å². The Hall–Kier alpha value is -3.02. The molecule has 0 amide bonds. The van der Waals surface area contributed by atoms with Crippen molar-refractivity contribution in [3.05, 3.63) is 53.6 Å². The average Bonchev–Trinajstić information content (AvgIpc) is 2.64. The van der Waals surface area contributed by atoms with Crippen molar-refractivity contribution in [1.29, 1.82) is 0 Å². The first-order chi connectivity index (χ1) is 12.5. The van der Waals surface area contributed by atoms with E-state index in [1.807, 2.05) is 0 Å². The zero-order valence-electron chi connectivity index (χ0n) is 14.4. The van der Waals surface area contributed by atoms with Gasteiger partial charge in [-0.25, -0.2) is 4.79 Å². The molecule has 0 saturated heterocycles. The standard InChI is InChI=1S/C20H22O6/c21-17-8-5-7-14(18(17)22)6-3-1-2-4-13-26-16-11-9-15(10-12-16)19(23)20(24)25/h5,7-12,21-22H,1-4,6,13H2,(H,24,25). The van der Waals surface area contributed by atoms with E-state index >= 15 is 0 Å². The fraction of sp³-hybridized carbons (Fsp3) is 0.300. The van der Waals surface area contributed by atoms with Gasteiger partial charge in [0.15, 0.2) is 11.5 Å². The number of ether oxygens (including phenoxy) is 1. The van der Waals surface area contributed by atoms with E-state index in [1.165, 1.54) is 18.2 Å². The van der Waals surface area contributed by atoms with Gasteiger partial charge in [-0.05, 0) is 55.2 Å². The maximum absolute atomic E-state index is 11.3. The molecular formula is C20H22O6. The summed E-state index contributed by atoms with van der Waals surface area (Å²) in [6, 6.07) is 11.0. The van der Waals surface area contributed by atoms with E-state index in [1.54, 1.807) is 24.3 Å². The second-order valence-corrected chi connectivity index (χ2v) is 5.96. The van der Waals surface area contributed by atoms with Gasteiger partial charge >= 0.3 is 5.97 Å². The number of benzene rings is 2. The highest BCUT2D eigenvalue weighted by molar-refractivity contribution is 6.39. The third-order valence-corrected chi connectivity index (χ3v) is 4.02. The molecule has 0 aromatic heterocycles. The number of phenols is 2. The van der Waals surface area contributed by atoms with Crippen molar-refractivity contribution in [2.24, 2.45) is 0 Å². The molecule has 0 aliphatic carbocycles. The summed E-state index contributed by atoms with van der Waals surface area (Å²) in [7, 11) is 0. The number of hydrogen-bond donors (Lipinski definition) is 3. The summed E-state index contributed by atoms with van der Waals surface area (Å²) >= 11 is 0. The fourth-order valence-corrected chi connectivity index (χ4v) is 2.57. The smallest absolute Gasteiger partial charge is 0.377 e. The van der Waals surface area contributed by atoms with E-state index in [0.29, 0.717) is 18.8 Å². The van der Waals surface area contributed by atoms with Crippen LogP contribution in [0.5, 0.6) is 17.2 Å². The molecule has 2 aromatic carbocycles.